The molecule has 2 aromatic carbocycles. The number of carbonyl (C=O) groups is 1. The van der Waals surface area contributed by atoms with Crippen molar-refractivity contribution in [3.63, 3.8) is 0 Å². The van der Waals surface area contributed by atoms with Gasteiger partial charge in [-0.25, -0.2) is 17.6 Å². The number of hydrogen-bond acceptors (Lipinski definition) is 1. The van der Waals surface area contributed by atoms with Gasteiger partial charge in [0.15, 0.2) is 23.3 Å². The Bertz CT molecular complexity index is 728. The first-order valence-corrected chi connectivity index (χ1v) is 6.55. The summed E-state index contributed by atoms with van der Waals surface area (Å²) < 4.78 is 52.7. The maximum atomic E-state index is 13.6. The van der Waals surface area contributed by atoms with Crippen molar-refractivity contribution in [1.82, 2.24) is 0 Å². The number of halogens is 4. The molecule has 0 aromatic heterocycles. The Morgan fingerprint density at radius 1 is 1.00 bits per heavy atom. The van der Waals surface area contributed by atoms with Crippen LogP contribution in [0.1, 0.15) is 35.7 Å². The number of hydrogen-bond donors (Lipinski definition) is 1. The molecule has 0 bridgehead atoms. The minimum absolute atomic E-state index is 0.203. The monoisotopic (exact) mass is 311 g/mol. The van der Waals surface area contributed by atoms with Gasteiger partial charge in [0.25, 0.3) is 5.91 Å². The van der Waals surface area contributed by atoms with E-state index >= 15 is 0 Å². The van der Waals surface area contributed by atoms with Crippen molar-refractivity contribution in [1.29, 1.82) is 0 Å². The van der Waals surface area contributed by atoms with Gasteiger partial charge < -0.3 is 5.32 Å². The average Bonchev–Trinajstić information content (AvgIpc) is 2.49. The SMILES string of the molecule is CC(C)c1cccc(NC(=O)c2cc(F)c(F)c(F)c2F)c1. The summed E-state index contributed by atoms with van der Waals surface area (Å²) in [6, 6.07) is 7.08. The first kappa shape index (κ1) is 16.0. The lowest BCUT2D eigenvalue weighted by Gasteiger charge is -2.10. The zero-order chi connectivity index (χ0) is 16.4. The number of benzene rings is 2. The summed E-state index contributed by atoms with van der Waals surface area (Å²) in [6.45, 7) is 3.90. The lowest BCUT2D eigenvalue weighted by atomic mass is 10.0. The van der Waals surface area contributed by atoms with E-state index in [0.29, 0.717) is 11.8 Å². The molecule has 1 N–H and O–H groups in total. The van der Waals surface area contributed by atoms with E-state index in [1.54, 1.807) is 18.2 Å². The maximum Gasteiger partial charge on any atom is 0.258 e. The molecule has 0 saturated heterocycles. The van der Waals surface area contributed by atoms with Gasteiger partial charge in [-0.1, -0.05) is 26.0 Å². The number of anilines is 1. The molecule has 0 atom stereocenters. The van der Waals surface area contributed by atoms with E-state index in [1.165, 1.54) is 0 Å². The van der Waals surface area contributed by atoms with Gasteiger partial charge in [-0.05, 0) is 29.7 Å². The van der Waals surface area contributed by atoms with Gasteiger partial charge in [-0.2, -0.15) is 0 Å². The van der Waals surface area contributed by atoms with Crippen LogP contribution in [0.25, 0.3) is 0 Å². The van der Waals surface area contributed by atoms with E-state index < -0.39 is 34.7 Å². The smallest absolute Gasteiger partial charge is 0.258 e. The lowest BCUT2D eigenvalue weighted by Crippen LogP contribution is -2.16. The Hall–Kier alpha value is -2.37. The fourth-order valence-corrected chi connectivity index (χ4v) is 1.91. The van der Waals surface area contributed by atoms with E-state index in [9.17, 15) is 22.4 Å². The highest BCUT2D eigenvalue weighted by atomic mass is 19.2. The van der Waals surface area contributed by atoms with Crippen molar-refractivity contribution in [3.8, 4) is 0 Å². The van der Waals surface area contributed by atoms with E-state index in [0.717, 1.165) is 5.56 Å². The zero-order valence-corrected chi connectivity index (χ0v) is 11.9. The van der Waals surface area contributed by atoms with Crippen molar-refractivity contribution in [2.45, 2.75) is 19.8 Å². The van der Waals surface area contributed by atoms with Gasteiger partial charge in [-0.3, -0.25) is 4.79 Å². The predicted molar refractivity (Wildman–Crippen MR) is 74.8 cm³/mol. The molecule has 22 heavy (non-hydrogen) atoms. The van der Waals surface area contributed by atoms with Gasteiger partial charge in [0, 0.05) is 5.69 Å². The zero-order valence-electron chi connectivity index (χ0n) is 11.9. The Morgan fingerprint density at radius 3 is 2.32 bits per heavy atom. The molecular weight excluding hydrogens is 298 g/mol. The molecule has 0 aliphatic rings. The molecule has 1 amide bonds. The molecular formula is C16H13F4NO. The van der Waals surface area contributed by atoms with Crippen LogP contribution >= 0.6 is 0 Å². The summed E-state index contributed by atoms with van der Waals surface area (Å²) in [5.41, 5.74) is 0.377. The number of rotatable bonds is 3. The molecule has 2 rings (SSSR count). The number of amides is 1. The van der Waals surface area contributed by atoms with Crippen molar-refractivity contribution < 1.29 is 22.4 Å². The summed E-state index contributed by atoms with van der Waals surface area (Å²) in [4.78, 5) is 11.9. The topological polar surface area (TPSA) is 29.1 Å². The molecule has 0 spiro atoms. The van der Waals surface area contributed by atoms with Gasteiger partial charge in [0.1, 0.15) is 0 Å². The van der Waals surface area contributed by atoms with Crippen LogP contribution in [0.5, 0.6) is 0 Å². The van der Waals surface area contributed by atoms with Gasteiger partial charge in [-0.15, -0.1) is 0 Å². The fraction of sp³-hybridized carbons (Fsp3) is 0.188. The molecule has 0 fully saturated rings. The van der Waals surface area contributed by atoms with Gasteiger partial charge >= 0.3 is 0 Å². The third kappa shape index (κ3) is 3.10. The first-order valence-electron chi connectivity index (χ1n) is 6.55. The molecule has 0 saturated carbocycles. The molecule has 2 nitrogen and oxygen atoms in total. The van der Waals surface area contributed by atoms with Crippen LogP contribution in [-0.2, 0) is 0 Å². The summed E-state index contributed by atoms with van der Waals surface area (Å²) in [5.74, 6) is -8.17. The summed E-state index contributed by atoms with van der Waals surface area (Å²) in [7, 11) is 0. The van der Waals surface area contributed by atoms with E-state index in [-0.39, 0.29) is 5.92 Å². The van der Waals surface area contributed by atoms with Crippen LogP contribution in [-0.4, -0.2) is 5.91 Å². The van der Waals surface area contributed by atoms with E-state index in [4.69, 9.17) is 0 Å². The molecule has 116 valence electrons. The normalized spacial score (nSPS) is 10.9. The summed E-state index contributed by atoms with van der Waals surface area (Å²) in [5, 5.41) is 2.33. The Morgan fingerprint density at radius 2 is 1.68 bits per heavy atom. The fourth-order valence-electron chi connectivity index (χ4n) is 1.91. The second-order valence-electron chi connectivity index (χ2n) is 5.08. The molecule has 2 aromatic rings. The largest absolute Gasteiger partial charge is 0.322 e. The molecule has 0 aliphatic carbocycles. The highest BCUT2D eigenvalue weighted by Crippen LogP contribution is 2.22. The van der Waals surface area contributed by atoms with Gasteiger partial charge in [0.05, 0.1) is 5.56 Å². The molecule has 0 aliphatic heterocycles. The third-order valence-corrected chi connectivity index (χ3v) is 3.16. The summed E-state index contributed by atoms with van der Waals surface area (Å²) in [6.07, 6.45) is 0. The molecule has 6 heteroatoms. The van der Waals surface area contributed by atoms with Crippen LogP contribution in [0, 0.1) is 23.3 Å². The number of carbonyl (C=O) groups excluding carboxylic acids is 1. The van der Waals surface area contributed by atoms with Crippen molar-refractivity contribution >= 4 is 11.6 Å². The van der Waals surface area contributed by atoms with E-state index in [2.05, 4.69) is 5.32 Å². The van der Waals surface area contributed by atoms with Crippen LogP contribution < -0.4 is 5.32 Å². The van der Waals surface area contributed by atoms with Crippen LogP contribution in [0.15, 0.2) is 30.3 Å². The standard InChI is InChI=1S/C16H13F4NO/c1-8(2)9-4-3-5-10(6-9)21-16(22)11-7-12(17)14(19)15(20)13(11)18/h3-8H,1-2H3,(H,21,22). The maximum absolute atomic E-state index is 13.6. The van der Waals surface area contributed by atoms with Crippen LogP contribution in [0.4, 0.5) is 23.2 Å². The highest BCUT2D eigenvalue weighted by molar-refractivity contribution is 6.04. The van der Waals surface area contributed by atoms with E-state index in [1.807, 2.05) is 19.9 Å². The Labute approximate surface area is 124 Å². The molecule has 0 heterocycles. The molecule has 0 radical (unpaired) electrons. The average molecular weight is 311 g/mol. The predicted octanol–water partition coefficient (Wildman–Crippen LogP) is 4.62. The third-order valence-electron chi connectivity index (χ3n) is 3.16. The van der Waals surface area contributed by atoms with Gasteiger partial charge in [0.2, 0.25) is 0 Å². The van der Waals surface area contributed by atoms with Crippen molar-refractivity contribution in [3.05, 3.63) is 64.7 Å². The second kappa shape index (κ2) is 6.17. The minimum Gasteiger partial charge on any atom is -0.322 e. The Balaban J connectivity index is 2.32. The minimum atomic E-state index is -2.01. The number of nitrogens with one attached hydrogen (secondary N) is 1. The molecule has 0 unspecified atom stereocenters. The Kier molecular flexibility index (Phi) is 4.49. The highest BCUT2D eigenvalue weighted by Gasteiger charge is 2.23. The first-order chi connectivity index (χ1) is 10.3. The quantitative estimate of drug-likeness (QED) is 0.500. The van der Waals surface area contributed by atoms with Crippen LogP contribution in [0.2, 0.25) is 0 Å². The summed E-state index contributed by atoms with van der Waals surface area (Å²) >= 11 is 0. The second-order valence-corrected chi connectivity index (χ2v) is 5.08. The van der Waals surface area contributed by atoms with Crippen molar-refractivity contribution in [2.75, 3.05) is 5.32 Å². The van der Waals surface area contributed by atoms with Crippen LogP contribution in [0.3, 0.4) is 0 Å². The lowest BCUT2D eigenvalue weighted by molar-refractivity contribution is 0.102. The van der Waals surface area contributed by atoms with Crippen molar-refractivity contribution in [2.24, 2.45) is 0 Å².